The van der Waals surface area contributed by atoms with E-state index in [-0.39, 0.29) is 11.3 Å². The fraction of sp³-hybridized carbons (Fsp3) is 0. The molecular weight excluding hydrogens is 194 g/mol. The highest BCUT2D eigenvalue weighted by Crippen LogP contribution is 2.27. The number of carbonyl (C=O) groups is 1. The van der Waals surface area contributed by atoms with Crippen molar-refractivity contribution in [3.8, 4) is 5.75 Å². The number of aromatic hydroxyl groups is 1. The van der Waals surface area contributed by atoms with Gasteiger partial charge in [-0.2, -0.15) is 0 Å². The Bertz CT molecular complexity index is 549. The molecule has 0 saturated heterocycles. The monoisotopic (exact) mass is 203 g/mol. The van der Waals surface area contributed by atoms with E-state index >= 15 is 0 Å². The van der Waals surface area contributed by atoms with E-state index in [4.69, 9.17) is 10.8 Å². The van der Waals surface area contributed by atoms with Crippen LogP contribution in [0.25, 0.3) is 10.8 Å². The van der Waals surface area contributed by atoms with Gasteiger partial charge in [0.2, 0.25) is 0 Å². The van der Waals surface area contributed by atoms with Gasteiger partial charge in [-0.3, -0.25) is 0 Å². The van der Waals surface area contributed by atoms with Crippen LogP contribution in [0, 0.1) is 0 Å². The molecule has 2 aromatic rings. The first-order chi connectivity index (χ1) is 7.09. The first kappa shape index (κ1) is 9.33. The maximum absolute atomic E-state index is 10.9. The fourth-order valence-electron chi connectivity index (χ4n) is 1.55. The number of benzene rings is 2. The molecule has 4 N–H and O–H groups in total. The largest absolute Gasteiger partial charge is 0.508 e. The van der Waals surface area contributed by atoms with Crippen LogP contribution >= 0.6 is 0 Å². The smallest absolute Gasteiger partial charge is 0.336 e. The van der Waals surface area contributed by atoms with Gasteiger partial charge in [0.05, 0.1) is 5.56 Å². The van der Waals surface area contributed by atoms with Crippen LogP contribution in [-0.2, 0) is 0 Å². The highest BCUT2D eigenvalue weighted by Gasteiger charge is 2.10. The Labute approximate surface area is 85.6 Å². The maximum atomic E-state index is 10.9. The van der Waals surface area contributed by atoms with Crippen LogP contribution in [0.4, 0.5) is 5.69 Å². The fourth-order valence-corrected chi connectivity index (χ4v) is 1.55. The number of rotatable bonds is 1. The molecule has 0 aromatic heterocycles. The second kappa shape index (κ2) is 3.16. The molecule has 0 heterocycles. The Morgan fingerprint density at radius 1 is 1.13 bits per heavy atom. The first-order valence-electron chi connectivity index (χ1n) is 4.34. The average molecular weight is 203 g/mol. The van der Waals surface area contributed by atoms with Gasteiger partial charge in [-0.15, -0.1) is 0 Å². The third kappa shape index (κ3) is 1.46. The van der Waals surface area contributed by atoms with E-state index in [0.717, 1.165) is 0 Å². The van der Waals surface area contributed by atoms with Crippen LogP contribution in [0.15, 0.2) is 30.3 Å². The minimum atomic E-state index is -1.04. The van der Waals surface area contributed by atoms with E-state index in [9.17, 15) is 9.90 Å². The van der Waals surface area contributed by atoms with Crippen molar-refractivity contribution in [2.45, 2.75) is 0 Å². The quantitative estimate of drug-likeness (QED) is 0.617. The Hall–Kier alpha value is -2.23. The van der Waals surface area contributed by atoms with Gasteiger partial charge in [-0.25, -0.2) is 4.79 Å². The molecule has 0 aliphatic rings. The second-order valence-electron chi connectivity index (χ2n) is 3.24. The molecule has 2 aromatic carbocycles. The molecule has 4 nitrogen and oxygen atoms in total. The van der Waals surface area contributed by atoms with Crippen LogP contribution in [0.1, 0.15) is 10.4 Å². The molecule has 0 unspecified atom stereocenters. The van der Waals surface area contributed by atoms with Gasteiger partial charge < -0.3 is 15.9 Å². The SMILES string of the molecule is Nc1ccc(C(=O)O)c2cc(O)ccc12. The number of nitrogens with two attached hydrogens (primary N) is 1. The summed E-state index contributed by atoms with van der Waals surface area (Å²) in [6, 6.07) is 7.45. The molecule has 0 saturated carbocycles. The molecule has 0 aliphatic heterocycles. The zero-order valence-electron chi connectivity index (χ0n) is 7.77. The zero-order chi connectivity index (χ0) is 11.0. The standard InChI is InChI=1S/C11H9NO3/c12-10-4-3-8(11(14)15)9-5-6(13)1-2-7(9)10/h1-5,13H,12H2,(H,14,15). The summed E-state index contributed by atoms with van der Waals surface area (Å²) in [6.45, 7) is 0. The summed E-state index contributed by atoms with van der Waals surface area (Å²) in [4.78, 5) is 10.9. The number of carboxylic acid groups (broad SMARTS) is 1. The molecule has 0 aliphatic carbocycles. The Kier molecular flexibility index (Phi) is 1.97. The molecule has 4 heteroatoms. The predicted octanol–water partition coefficient (Wildman–Crippen LogP) is 1.83. The Balaban J connectivity index is 2.90. The van der Waals surface area contributed by atoms with Crippen molar-refractivity contribution in [3.05, 3.63) is 35.9 Å². The van der Waals surface area contributed by atoms with Crippen LogP contribution in [0.3, 0.4) is 0 Å². The maximum Gasteiger partial charge on any atom is 0.336 e. The number of aromatic carboxylic acids is 1. The third-order valence-electron chi connectivity index (χ3n) is 2.26. The molecule has 0 bridgehead atoms. The summed E-state index contributed by atoms with van der Waals surface area (Å²) in [5.41, 5.74) is 6.33. The van der Waals surface area contributed by atoms with Gasteiger partial charge in [0, 0.05) is 16.5 Å². The van der Waals surface area contributed by atoms with Gasteiger partial charge in [0.15, 0.2) is 0 Å². The van der Waals surface area contributed by atoms with Crippen molar-refractivity contribution >= 4 is 22.4 Å². The Morgan fingerprint density at radius 2 is 1.87 bits per heavy atom. The first-order valence-corrected chi connectivity index (χ1v) is 4.34. The summed E-state index contributed by atoms with van der Waals surface area (Å²) >= 11 is 0. The second-order valence-corrected chi connectivity index (χ2v) is 3.24. The van der Waals surface area contributed by atoms with Crippen molar-refractivity contribution in [1.29, 1.82) is 0 Å². The van der Waals surface area contributed by atoms with E-state index in [0.29, 0.717) is 16.5 Å². The zero-order valence-corrected chi connectivity index (χ0v) is 7.77. The normalized spacial score (nSPS) is 10.4. The summed E-state index contributed by atoms with van der Waals surface area (Å²) in [7, 11) is 0. The molecule has 0 atom stereocenters. The lowest BCUT2D eigenvalue weighted by Crippen LogP contribution is -1.99. The highest BCUT2D eigenvalue weighted by atomic mass is 16.4. The van der Waals surface area contributed by atoms with Crippen LogP contribution in [0.5, 0.6) is 5.75 Å². The number of phenols is 1. The number of nitrogen functional groups attached to an aromatic ring is 1. The number of hydrogen-bond acceptors (Lipinski definition) is 3. The van der Waals surface area contributed by atoms with E-state index in [1.54, 1.807) is 12.1 Å². The highest BCUT2D eigenvalue weighted by molar-refractivity contribution is 6.07. The van der Waals surface area contributed by atoms with Gasteiger partial charge in [0.1, 0.15) is 5.75 Å². The van der Waals surface area contributed by atoms with E-state index in [2.05, 4.69) is 0 Å². The minimum absolute atomic E-state index is 0.0237. The lowest BCUT2D eigenvalue weighted by Gasteiger charge is -2.05. The number of carboxylic acids is 1. The number of fused-ring (bicyclic) bond motifs is 1. The third-order valence-corrected chi connectivity index (χ3v) is 2.26. The molecule has 76 valence electrons. The molecule has 15 heavy (non-hydrogen) atoms. The van der Waals surface area contributed by atoms with E-state index in [1.807, 2.05) is 0 Å². The summed E-state index contributed by atoms with van der Waals surface area (Å²) < 4.78 is 0. The summed E-state index contributed by atoms with van der Waals surface area (Å²) in [5.74, 6) is -1.01. The van der Waals surface area contributed by atoms with Gasteiger partial charge in [0.25, 0.3) is 0 Å². The lowest BCUT2D eigenvalue weighted by atomic mass is 10.0. The van der Waals surface area contributed by atoms with E-state index < -0.39 is 5.97 Å². The molecule has 0 fully saturated rings. The van der Waals surface area contributed by atoms with Crippen molar-refractivity contribution in [1.82, 2.24) is 0 Å². The van der Waals surface area contributed by atoms with Crippen LogP contribution in [-0.4, -0.2) is 16.2 Å². The number of hydrogen-bond donors (Lipinski definition) is 3. The number of phenolic OH excluding ortho intramolecular Hbond substituents is 1. The van der Waals surface area contributed by atoms with Gasteiger partial charge in [-0.05, 0) is 30.3 Å². The number of anilines is 1. The van der Waals surface area contributed by atoms with Crippen molar-refractivity contribution < 1.29 is 15.0 Å². The summed E-state index contributed by atoms with van der Waals surface area (Å²) in [6.07, 6.45) is 0. The molecule has 0 spiro atoms. The molecular formula is C11H9NO3. The average Bonchev–Trinajstić information content (AvgIpc) is 2.17. The predicted molar refractivity (Wildman–Crippen MR) is 57.0 cm³/mol. The van der Waals surface area contributed by atoms with Gasteiger partial charge in [-0.1, -0.05) is 0 Å². The molecule has 0 amide bonds. The van der Waals surface area contributed by atoms with E-state index in [1.165, 1.54) is 18.2 Å². The van der Waals surface area contributed by atoms with Gasteiger partial charge >= 0.3 is 5.97 Å². The van der Waals surface area contributed by atoms with Crippen LogP contribution < -0.4 is 5.73 Å². The lowest BCUT2D eigenvalue weighted by molar-refractivity contribution is 0.0699. The van der Waals surface area contributed by atoms with Crippen molar-refractivity contribution in [2.75, 3.05) is 5.73 Å². The molecule has 0 radical (unpaired) electrons. The Morgan fingerprint density at radius 3 is 2.53 bits per heavy atom. The minimum Gasteiger partial charge on any atom is -0.508 e. The van der Waals surface area contributed by atoms with Crippen LogP contribution in [0.2, 0.25) is 0 Å². The molecule has 2 rings (SSSR count). The van der Waals surface area contributed by atoms with Crippen molar-refractivity contribution in [2.24, 2.45) is 0 Å². The summed E-state index contributed by atoms with van der Waals surface area (Å²) in [5, 5.41) is 19.3. The topological polar surface area (TPSA) is 83.6 Å². The van der Waals surface area contributed by atoms with Crippen molar-refractivity contribution in [3.63, 3.8) is 0 Å².